The lowest BCUT2D eigenvalue weighted by Gasteiger charge is -2.22. The van der Waals surface area contributed by atoms with Gasteiger partial charge in [0.2, 0.25) is 0 Å². The van der Waals surface area contributed by atoms with Crippen LogP contribution in [0.1, 0.15) is 32.3 Å². The fourth-order valence-electron chi connectivity index (χ4n) is 2.98. The van der Waals surface area contributed by atoms with Gasteiger partial charge in [-0.25, -0.2) is 0 Å². The minimum Gasteiger partial charge on any atom is -0.490 e. The van der Waals surface area contributed by atoms with Crippen molar-refractivity contribution in [1.29, 1.82) is 0 Å². The van der Waals surface area contributed by atoms with Crippen molar-refractivity contribution in [2.45, 2.75) is 39.2 Å². The van der Waals surface area contributed by atoms with Crippen LogP contribution >= 0.6 is 0 Å². The summed E-state index contributed by atoms with van der Waals surface area (Å²) in [5.74, 6) is 2.57. The van der Waals surface area contributed by atoms with Crippen LogP contribution in [0.3, 0.4) is 0 Å². The summed E-state index contributed by atoms with van der Waals surface area (Å²) >= 11 is 0. The lowest BCUT2D eigenvalue weighted by Crippen LogP contribution is -2.26. The maximum Gasteiger partial charge on any atom is 0.123 e. The summed E-state index contributed by atoms with van der Waals surface area (Å²) in [5, 5.41) is 3.31. The summed E-state index contributed by atoms with van der Waals surface area (Å²) in [6.45, 7) is 5.69. The van der Waals surface area contributed by atoms with Crippen molar-refractivity contribution in [2.24, 2.45) is 11.8 Å². The quantitative estimate of drug-likeness (QED) is 0.833. The van der Waals surface area contributed by atoms with E-state index in [0.717, 1.165) is 31.1 Å². The zero-order valence-electron chi connectivity index (χ0n) is 11.8. The van der Waals surface area contributed by atoms with E-state index in [1.165, 1.54) is 12.0 Å². The van der Waals surface area contributed by atoms with Crippen molar-refractivity contribution >= 4 is 0 Å². The Morgan fingerprint density at radius 1 is 1.33 bits per heavy atom. The molecule has 0 aromatic heterocycles. The van der Waals surface area contributed by atoms with Crippen LogP contribution in [0.15, 0.2) is 24.3 Å². The Kier molecular flexibility index (Phi) is 4.65. The molecule has 1 aliphatic rings. The number of fused-ring (bicyclic) bond motifs is 1. The molecule has 2 unspecified atom stereocenters. The van der Waals surface area contributed by atoms with Gasteiger partial charge >= 0.3 is 0 Å². The SMILES string of the molecule is CNCC(CC(C)C)CC1Cc2ccccc2O1. The normalized spacial score (nSPS) is 19.7. The minimum atomic E-state index is 0.375. The van der Waals surface area contributed by atoms with Crippen LogP contribution in [-0.4, -0.2) is 19.7 Å². The van der Waals surface area contributed by atoms with E-state index in [4.69, 9.17) is 4.74 Å². The molecule has 1 N–H and O–H groups in total. The third-order valence-electron chi connectivity index (χ3n) is 3.61. The van der Waals surface area contributed by atoms with Gasteiger partial charge < -0.3 is 10.1 Å². The number of hydrogen-bond donors (Lipinski definition) is 1. The first kappa shape index (κ1) is 13.4. The molecule has 2 rings (SSSR count). The van der Waals surface area contributed by atoms with Gasteiger partial charge in [-0.2, -0.15) is 0 Å². The summed E-state index contributed by atoms with van der Waals surface area (Å²) in [4.78, 5) is 0. The van der Waals surface area contributed by atoms with Gasteiger partial charge in [-0.3, -0.25) is 0 Å². The zero-order valence-corrected chi connectivity index (χ0v) is 11.8. The molecule has 18 heavy (non-hydrogen) atoms. The second kappa shape index (κ2) is 6.24. The Morgan fingerprint density at radius 3 is 2.78 bits per heavy atom. The molecule has 1 aromatic carbocycles. The monoisotopic (exact) mass is 247 g/mol. The van der Waals surface area contributed by atoms with Crippen LogP contribution in [-0.2, 0) is 6.42 Å². The molecule has 0 radical (unpaired) electrons. The van der Waals surface area contributed by atoms with E-state index in [1.807, 2.05) is 7.05 Å². The first-order valence-corrected chi connectivity index (χ1v) is 7.08. The van der Waals surface area contributed by atoms with Crippen molar-refractivity contribution in [3.63, 3.8) is 0 Å². The fourth-order valence-corrected chi connectivity index (χ4v) is 2.98. The Morgan fingerprint density at radius 2 is 2.11 bits per heavy atom. The largest absolute Gasteiger partial charge is 0.490 e. The van der Waals surface area contributed by atoms with Crippen LogP contribution in [0.2, 0.25) is 0 Å². The van der Waals surface area contributed by atoms with Crippen molar-refractivity contribution < 1.29 is 4.74 Å². The maximum atomic E-state index is 6.04. The molecule has 1 aromatic rings. The summed E-state index contributed by atoms with van der Waals surface area (Å²) in [5.41, 5.74) is 1.37. The molecule has 0 fully saturated rings. The summed E-state index contributed by atoms with van der Waals surface area (Å²) in [6.07, 6.45) is 3.89. The van der Waals surface area contributed by atoms with Gasteiger partial charge in [-0.05, 0) is 49.9 Å². The van der Waals surface area contributed by atoms with E-state index in [2.05, 4.69) is 43.4 Å². The number of ether oxygens (including phenoxy) is 1. The summed E-state index contributed by atoms with van der Waals surface area (Å²) in [7, 11) is 2.04. The average Bonchev–Trinajstić information content (AvgIpc) is 2.70. The lowest BCUT2D eigenvalue weighted by molar-refractivity contribution is 0.183. The average molecular weight is 247 g/mol. The van der Waals surface area contributed by atoms with Gasteiger partial charge in [0.1, 0.15) is 11.9 Å². The van der Waals surface area contributed by atoms with E-state index < -0.39 is 0 Å². The first-order chi connectivity index (χ1) is 8.69. The fraction of sp³-hybridized carbons (Fsp3) is 0.625. The van der Waals surface area contributed by atoms with Gasteiger partial charge in [-0.15, -0.1) is 0 Å². The molecule has 2 heteroatoms. The van der Waals surface area contributed by atoms with Gasteiger partial charge in [-0.1, -0.05) is 32.0 Å². The number of hydrogen-bond acceptors (Lipinski definition) is 2. The highest BCUT2D eigenvalue weighted by Crippen LogP contribution is 2.31. The first-order valence-electron chi connectivity index (χ1n) is 7.08. The van der Waals surface area contributed by atoms with Crippen LogP contribution in [0.5, 0.6) is 5.75 Å². The Labute approximate surface area is 111 Å². The van der Waals surface area contributed by atoms with Crippen LogP contribution in [0.25, 0.3) is 0 Å². The van der Waals surface area contributed by atoms with Crippen LogP contribution in [0, 0.1) is 11.8 Å². The van der Waals surface area contributed by atoms with Crippen molar-refractivity contribution in [3.05, 3.63) is 29.8 Å². The molecule has 0 saturated carbocycles. The topological polar surface area (TPSA) is 21.3 Å². The standard InChI is InChI=1S/C16H25NO/c1-12(2)8-13(11-17-3)9-15-10-14-6-4-5-7-16(14)18-15/h4-7,12-13,15,17H,8-11H2,1-3H3. The second-order valence-electron chi connectivity index (χ2n) is 5.84. The number of benzene rings is 1. The van der Waals surface area contributed by atoms with Gasteiger partial charge in [0, 0.05) is 6.42 Å². The minimum absolute atomic E-state index is 0.375. The number of nitrogens with one attached hydrogen (secondary N) is 1. The Hall–Kier alpha value is -1.02. The maximum absolute atomic E-state index is 6.04. The van der Waals surface area contributed by atoms with E-state index in [9.17, 15) is 0 Å². The van der Waals surface area contributed by atoms with Gasteiger partial charge in [0.25, 0.3) is 0 Å². The summed E-state index contributed by atoms with van der Waals surface area (Å²) < 4.78 is 6.04. The molecular formula is C16H25NO. The second-order valence-corrected chi connectivity index (χ2v) is 5.84. The predicted molar refractivity (Wildman–Crippen MR) is 76.1 cm³/mol. The van der Waals surface area contributed by atoms with Crippen molar-refractivity contribution in [1.82, 2.24) is 5.32 Å². The molecule has 0 saturated heterocycles. The highest BCUT2D eigenvalue weighted by atomic mass is 16.5. The Balaban J connectivity index is 1.90. The van der Waals surface area contributed by atoms with Crippen LogP contribution in [0.4, 0.5) is 0 Å². The van der Waals surface area contributed by atoms with E-state index in [0.29, 0.717) is 12.0 Å². The van der Waals surface area contributed by atoms with E-state index >= 15 is 0 Å². The van der Waals surface area contributed by atoms with E-state index in [1.54, 1.807) is 0 Å². The molecule has 1 heterocycles. The van der Waals surface area contributed by atoms with Crippen molar-refractivity contribution in [2.75, 3.05) is 13.6 Å². The zero-order chi connectivity index (χ0) is 13.0. The molecule has 100 valence electrons. The lowest BCUT2D eigenvalue weighted by atomic mass is 9.90. The molecule has 2 atom stereocenters. The molecule has 2 nitrogen and oxygen atoms in total. The van der Waals surface area contributed by atoms with Gasteiger partial charge in [0.05, 0.1) is 0 Å². The third kappa shape index (κ3) is 3.49. The highest BCUT2D eigenvalue weighted by Gasteiger charge is 2.25. The Bertz CT molecular complexity index is 350. The highest BCUT2D eigenvalue weighted by molar-refractivity contribution is 5.37. The van der Waals surface area contributed by atoms with Crippen LogP contribution < -0.4 is 10.1 Å². The molecule has 0 aliphatic carbocycles. The molecule has 0 amide bonds. The number of para-hydroxylation sites is 1. The smallest absolute Gasteiger partial charge is 0.123 e. The molecule has 0 bridgehead atoms. The molecule has 1 aliphatic heterocycles. The summed E-state index contributed by atoms with van der Waals surface area (Å²) in [6, 6.07) is 8.43. The molecular weight excluding hydrogens is 222 g/mol. The number of rotatable bonds is 6. The predicted octanol–water partition coefficient (Wildman–Crippen LogP) is 3.26. The van der Waals surface area contributed by atoms with Crippen molar-refractivity contribution in [3.8, 4) is 5.75 Å². The van der Waals surface area contributed by atoms with Gasteiger partial charge in [0.15, 0.2) is 0 Å². The van der Waals surface area contributed by atoms with E-state index in [-0.39, 0.29) is 0 Å². The molecule has 0 spiro atoms. The third-order valence-corrected chi connectivity index (χ3v) is 3.61.